The van der Waals surface area contributed by atoms with Crippen LogP contribution in [0, 0.1) is 6.92 Å². The molecule has 0 radical (unpaired) electrons. The van der Waals surface area contributed by atoms with Crippen molar-refractivity contribution < 1.29 is 35.5 Å². The Bertz CT molecular complexity index is 514. The van der Waals surface area contributed by atoms with Gasteiger partial charge in [0.1, 0.15) is 0 Å². The van der Waals surface area contributed by atoms with Crippen molar-refractivity contribution in [1.29, 1.82) is 0 Å². The third-order valence-corrected chi connectivity index (χ3v) is 2.79. The fourth-order valence-corrected chi connectivity index (χ4v) is 1.74. The molecule has 1 aromatic rings. The van der Waals surface area contributed by atoms with Gasteiger partial charge in [0.25, 0.3) is 0 Å². The number of alkyl halides is 7. The Morgan fingerprint density at radius 3 is 1.70 bits per heavy atom. The van der Waals surface area contributed by atoms with Crippen LogP contribution in [-0.2, 0) is 5.67 Å². The van der Waals surface area contributed by atoms with Crippen LogP contribution in [0.5, 0.6) is 0 Å². The van der Waals surface area contributed by atoms with Crippen molar-refractivity contribution in [2.24, 2.45) is 0 Å². The van der Waals surface area contributed by atoms with Crippen LogP contribution >= 0.6 is 0 Å². The van der Waals surface area contributed by atoms with Gasteiger partial charge < -0.3 is 0 Å². The minimum absolute atomic E-state index is 0.0991. The van der Waals surface area contributed by atoms with Crippen LogP contribution in [0.1, 0.15) is 28.4 Å². The number of Topliss-reactive ketones (excluding diaryl/α,β-unsaturated/α-hetero) is 1. The fraction of sp³-hybridized carbons (Fsp3) is 0.417. The monoisotopic (exact) mass is 302 g/mol. The van der Waals surface area contributed by atoms with Gasteiger partial charge in [-0.3, -0.25) is 4.79 Å². The molecule has 0 N–H and O–H groups in total. The van der Waals surface area contributed by atoms with Crippen LogP contribution in [0.4, 0.5) is 30.7 Å². The summed E-state index contributed by atoms with van der Waals surface area (Å²) in [6.07, 6.45) is -12.3. The van der Waals surface area contributed by atoms with Crippen molar-refractivity contribution >= 4 is 5.78 Å². The highest BCUT2D eigenvalue weighted by Crippen LogP contribution is 2.53. The molecule has 0 unspecified atom stereocenters. The lowest BCUT2D eigenvalue weighted by Crippen LogP contribution is -2.50. The van der Waals surface area contributed by atoms with Gasteiger partial charge in [-0.1, -0.05) is 12.1 Å². The maximum Gasteiger partial charge on any atom is 0.435 e. The van der Waals surface area contributed by atoms with Crippen molar-refractivity contribution in [3.63, 3.8) is 0 Å². The van der Waals surface area contributed by atoms with Crippen LogP contribution in [0.2, 0.25) is 0 Å². The Morgan fingerprint density at radius 2 is 1.40 bits per heavy atom. The SMILES string of the molecule is CC(=O)c1ccc(C(F)(C(F)(F)F)C(F)(F)F)c(C)c1. The predicted molar refractivity (Wildman–Crippen MR) is 56.1 cm³/mol. The Kier molecular flexibility index (Phi) is 3.91. The molecule has 0 spiro atoms. The molecule has 0 aliphatic heterocycles. The van der Waals surface area contributed by atoms with E-state index < -0.39 is 34.9 Å². The number of carbonyl (C=O) groups is 1. The average molecular weight is 302 g/mol. The molecule has 0 saturated carbocycles. The van der Waals surface area contributed by atoms with Crippen molar-refractivity contribution in [2.75, 3.05) is 0 Å². The van der Waals surface area contributed by atoms with Crippen molar-refractivity contribution in [3.8, 4) is 0 Å². The molecule has 0 fully saturated rings. The summed E-state index contributed by atoms with van der Waals surface area (Å²) in [5, 5.41) is 0. The van der Waals surface area contributed by atoms with Crippen LogP contribution in [0.25, 0.3) is 0 Å². The van der Waals surface area contributed by atoms with Gasteiger partial charge in [0, 0.05) is 11.1 Å². The summed E-state index contributed by atoms with van der Waals surface area (Å²) in [5.41, 5.74) is -7.74. The number of aryl methyl sites for hydroxylation is 1. The number of rotatable bonds is 2. The normalized spacial score (nSPS) is 13.4. The van der Waals surface area contributed by atoms with E-state index in [2.05, 4.69) is 0 Å². The Hall–Kier alpha value is -1.60. The fourth-order valence-electron chi connectivity index (χ4n) is 1.74. The van der Waals surface area contributed by atoms with Gasteiger partial charge >= 0.3 is 18.0 Å². The molecule has 0 aliphatic carbocycles. The molecular weight excluding hydrogens is 293 g/mol. The average Bonchev–Trinajstić information content (AvgIpc) is 2.24. The molecule has 0 atom stereocenters. The van der Waals surface area contributed by atoms with Gasteiger partial charge in [-0.15, -0.1) is 0 Å². The van der Waals surface area contributed by atoms with E-state index in [0.29, 0.717) is 6.07 Å². The summed E-state index contributed by atoms with van der Waals surface area (Å²) in [6, 6.07) is 1.87. The molecule has 112 valence electrons. The van der Waals surface area contributed by atoms with Gasteiger partial charge in [-0.2, -0.15) is 26.3 Å². The van der Waals surface area contributed by atoms with E-state index in [1.165, 1.54) is 0 Å². The van der Waals surface area contributed by atoms with Crippen LogP contribution in [-0.4, -0.2) is 18.1 Å². The minimum Gasteiger partial charge on any atom is -0.295 e. The topological polar surface area (TPSA) is 17.1 Å². The number of carbonyl (C=O) groups excluding carboxylic acids is 1. The third-order valence-electron chi connectivity index (χ3n) is 2.79. The maximum absolute atomic E-state index is 13.8. The van der Waals surface area contributed by atoms with E-state index in [0.717, 1.165) is 26.0 Å². The van der Waals surface area contributed by atoms with Crippen molar-refractivity contribution in [1.82, 2.24) is 0 Å². The quantitative estimate of drug-likeness (QED) is 0.581. The summed E-state index contributed by atoms with van der Waals surface area (Å²) in [7, 11) is 0. The smallest absolute Gasteiger partial charge is 0.295 e. The zero-order valence-electron chi connectivity index (χ0n) is 10.3. The molecule has 0 bridgehead atoms. The second-order valence-electron chi connectivity index (χ2n) is 4.24. The van der Waals surface area contributed by atoms with E-state index in [-0.39, 0.29) is 5.56 Å². The number of ketones is 1. The minimum atomic E-state index is -6.16. The van der Waals surface area contributed by atoms with E-state index in [1.807, 2.05) is 0 Å². The zero-order chi connectivity index (χ0) is 15.9. The first-order valence-corrected chi connectivity index (χ1v) is 5.27. The molecule has 1 nitrogen and oxygen atoms in total. The highest BCUT2D eigenvalue weighted by Gasteiger charge is 2.73. The summed E-state index contributed by atoms with van der Waals surface area (Å²) in [4.78, 5) is 11.0. The molecule has 0 aromatic heterocycles. The van der Waals surface area contributed by atoms with Crippen LogP contribution in [0.3, 0.4) is 0 Å². The third kappa shape index (κ3) is 2.51. The number of benzene rings is 1. The maximum atomic E-state index is 13.8. The zero-order valence-corrected chi connectivity index (χ0v) is 10.3. The van der Waals surface area contributed by atoms with Gasteiger partial charge in [-0.25, -0.2) is 4.39 Å². The number of hydrogen-bond donors (Lipinski definition) is 0. The molecule has 1 aromatic carbocycles. The molecule has 0 saturated heterocycles. The molecular formula is C12H9F7O. The molecule has 20 heavy (non-hydrogen) atoms. The molecule has 1 rings (SSSR count). The van der Waals surface area contributed by atoms with Crippen molar-refractivity contribution in [3.05, 3.63) is 34.9 Å². The van der Waals surface area contributed by atoms with Gasteiger partial charge in [-0.05, 0) is 25.5 Å². The highest BCUT2D eigenvalue weighted by molar-refractivity contribution is 5.94. The summed E-state index contributed by atoms with van der Waals surface area (Å²) in [5.74, 6) is -0.553. The first kappa shape index (κ1) is 16.5. The standard InChI is InChI=1S/C12H9F7O/c1-6-5-8(7(2)20)3-4-9(6)10(13,11(14,15)16)12(17,18)19/h3-5H,1-2H3. The highest BCUT2D eigenvalue weighted by atomic mass is 19.4. The van der Waals surface area contributed by atoms with E-state index in [1.54, 1.807) is 0 Å². The first-order valence-electron chi connectivity index (χ1n) is 5.27. The number of hydrogen-bond acceptors (Lipinski definition) is 1. The van der Waals surface area contributed by atoms with Crippen LogP contribution < -0.4 is 0 Å². The largest absolute Gasteiger partial charge is 0.435 e. The summed E-state index contributed by atoms with van der Waals surface area (Å²) >= 11 is 0. The first-order chi connectivity index (χ1) is 8.82. The Balaban J connectivity index is 3.57. The lowest BCUT2D eigenvalue weighted by Gasteiger charge is -2.31. The van der Waals surface area contributed by atoms with E-state index in [4.69, 9.17) is 0 Å². The summed E-state index contributed by atoms with van der Waals surface area (Å²) < 4.78 is 89.2. The predicted octanol–water partition coefficient (Wildman–Crippen LogP) is 4.49. The van der Waals surface area contributed by atoms with Gasteiger partial charge in [0.2, 0.25) is 0 Å². The van der Waals surface area contributed by atoms with Crippen molar-refractivity contribution in [2.45, 2.75) is 31.9 Å². The molecule has 0 heterocycles. The van der Waals surface area contributed by atoms with Crippen LogP contribution in [0.15, 0.2) is 18.2 Å². The second kappa shape index (κ2) is 4.75. The molecule has 8 heteroatoms. The Morgan fingerprint density at radius 1 is 0.950 bits per heavy atom. The Labute approximate surface area is 109 Å². The van der Waals surface area contributed by atoms with E-state index in [9.17, 15) is 35.5 Å². The lowest BCUT2D eigenvalue weighted by atomic mass is 9.89. The summed E-state index contributed by atoms with van der Waals surface area (Å²) in [6.45, 7) is 1.97. The van der Waals surface area contributed by atoms with Gasteiger partial charge in [0.05, 0.1) is 0 Å². The van der Waals surface area contributed by atoms with E-state index >= 15 is 0 Å². The second-order valence-corrected chi connectivity index (χ2v) is 4.24. The molecule has 0 amide bonds. The lowest BCUT2D eigenvalue weighted by molar-refractivity contribution is -0.348. The number of halogens is 7. The molecule has 0 aliphatic rings. The van der Waals surface area contributed by atoms with Gasteiger partial charge in [0.15, 0.2) is 5.78 Å².